The Bertz CT molecular complexity index is 1210. The highest BCUT2D eigenvalue weighted by Crippen LogP contribution is 2.30. The number of sulfone groups is 1. The summed E-state index contributed by atoms with van der Waals surface area (Å²) in [5.41, 5.74) is 1.08. The molecule has 2 heterocycles. The van der Waals surface area contributed by atoms with Gasteiger partial charge in [0.15, 0.2) is 0 Å². The van der Waals surface area contributed by atoms with Gasteiger partial charge in [-0.2, -0.15) is 18.2 Å². The number of halogens is 3. The summed E-state index contributed by atoms with van der Waals surface area (Å²) in [6.07, 6.45) is -4.79. The van der Waals surface area contributed by atoms with Gasteiger partial charge < -0.3 is 9.51 Å². The third-order valence-electron chi connectivity index (χ3n) is 3.69. The molecule has 7 nitrogen and oxygen atoms in total. The fourth-order valence-electron chi connectivity index (χ4n) is 2.43. The van der Waals surface area contributed by atoms with Crippen LogP contribution in [-0.2, 0) is 16.0 Å². The first-order valence-electron chi connectivity index (χ1n) is 7.46. The van der Waals surface area contributed by atoms with Gasteiger partial charge >= 0.3 is 12.1 Å². The average Bonchev–Trinajstić information content (AvgIpc) is 3.29. The number of para-hydroxylation sites is 2. The van der Waals surface area contributed by atoms with E-state index in [-0.39, 0.29) is 21.4 Å². The molecule has 2 aromatic carbocycles. The van der Waals surface area contributed by atoms with E-state index in [0.717, 1.165) is 6.07 Å². The number of hydrogen-bond acceptors (Lipinski definition) is 6. The number of aromatic nitrogens is 4. The van der Waals surface area contributed by atoms with Gasteiger partial charge in [-0.05, 0) is 24.3 Å². The van der Waals surface area contributed by atoms with Crippen LogP contribution in [0.4, 0.5) is 13.2 Å². The van der Waals surface area contributed by atoms with Crippen molar-refractivity contribution in [1.29, 1.82) is 0 Å². The van der Waals surface area contributed by atoms with Crippen LogP contribution in [-0.4, -0.2) is 28.5 Å². The van der Waals surface area contributed by atoms with Crippen molar-refractivity contribution in [1.82, 2.24) is 20.1 Å². The topological polar surface area (TPSA) is 102 Å². The van der Waals surface area contributed by atoms with E-state index in [0.29, 0.717) is 11.0 Å². The average molecular weight is 394 g/mol. The molecule has 1 N–H and O–H groups in total. The van der Waals surface area contributed by atoms with Gasteiger partial charge in [-0.1, -0.05) is 29.4 Å². The SMILES string of the molecule is O=S(=O)(c1cccc(-c2noc(C(F)(F)F)n2)c1)c1nc2ccccc2[nH]1. The molecule has 0 aliphatic heterocycles. The zero-order valence-electron chi connectivity index (χ0n) is 13.2. The molecule has 27 heavy (non-hydrogen) atoms. The van der Waals surface area contributed by atoms with Gasteiger partial charge in [0.1, 0.15) is 0 Å². The molecule has 11 heteroatoms. The number of rotatable bonds is 3. The van der Waals surface area contributed by atoms with Gasteiger partial charge in [-0.25, -0.2) is 13.4 Å². The summed E-state index contributed by atoms with van der Waals surface area (Å²) in [5, 5.41) is 2.99. The summed E-state index contributed by atoms with van der Waals surface area (Å²) in [5.74, 6) is -1.88. The van der Waals surface area contributed by atoms with Crippen LogP contribution in [0.2, 0.25) is 0 Å². The Kier molecular flexibility index (Phi) is 3.77. The molecule has 2 aromatic heterocycles. The van der Waals surface area contributed by atoms with E-state index >= 15 is 0 Å². The van der Waals surface area contributed by atoms with E-state index in [1.165, 1.54) is 18.2 Å². The fourth-order valence-corrected chi connectivity index (χ4v) is 3.65. The van der Waals surface area contributed by atoms with Crippen LogP contribution in [0.3, 0.4) is 0 Å². The largest absolute Gasteiger partial charge is 0.471 e. The van der Waals surface area contributed by atoms with Crippen LogP contribution in [0.15, 0.2) is 63.1 Å². The van der Waals surface area contributed by atoms with Crippen LogP contribution in [0, 0.1) is 0 Å². The molecule has 138 valence electrons. The number of alkyl halides is 3. The van der Waals surface area contributed by atoms with Crippen LogP contribution in [0.25, 0.3) is 22.4 Å². The maximum atomic E-state index is 12.8. The zero-order chi connectivity index (χ0) is 19.2. The molecule has 0 unspecified atom stereocenters. The van der Waals surface area contributed by atoms with E-state index in [1.54, 1.807) is 24.3 Å². The molecule has 0 radical (unpaired) electrons. The minimum Gasteiger partial charge on any atom is -0.329 e. The normalized spacial score (nSPS) is 12.6. The Balaban J connectivity index is 1.76. The lowest BCUT2D eigenvalue weighted by Gasteiger charge is -2.02. The maximum absolute atomic E-state index is 12.8. The molecule has 0 fully saturated rings. The molecule has 0 amide bonds. The summed E-state index contributed by atoms with van der Waals surface area (Å²) < 4.78 is 67.6. The lowest BCUT2D eigenvalue weighted by Crippen LogP contribution is -2.05. The van der Waals surface area contributed by atoms with E-state index in [2.05, 4.69) is 24.6 Å². The number of fused-ring (bicyclic) bond motifs is 1. The van der Waals surface area contributed by atoms with Gasteiger partial charge in [0.25, 0.3) is 0 Å². The Morgan fingerprint density at radius 1 is 1.00 bits per heavy atom. The van der Waals surface area contributed by atoms with E-state index in [9.17, 15) is 21.6 Å². The third-order valence-corrected chi connectivity index (χ3v) is 5.27. The van der Waals surface area contributed by atoms with Crippen molar-refractivity contribution in [2.75, 3.05) is 0 Å². The number of imidazole rings is 1. The first kappa shape index (κ1) is 17.2. The molecule has 0 spiro atoms. The zero-order valence-corrected chi connectivity index (χ0v) is 14.0. The lowest BCUT2D eigenvalue weighted by atomic mass is 10.2. The van der Waals surface area contributed by atoms with Crippen LogP contribution in [0.1, 0.15) is 5.89 Å². The molecule has 0 bridgehead atoms. The van der Waals surface area contributed by atoms with E-state index < -0.39 is 21.9 Å². The van der Waals surface area contributed by atoms with Crippen LogP contribution < -0.4 is 0 Å². The first-order chi connectivity index (χ1) is 12.7. The van der Waals surface area contributed by atoms with Crippen LogP contribution >= 0.6 is 0 Å². The minimum atomic E-state index is -4.79. The van der Waals surface area contributed by atoms with Crippen molar-refractivity contribution in [3.63, 3.8) is 0 Å². The lowest BCUT2D eigenvalue weighted by molar-refractivity contribution is -0.159. The third kappa shape index (κ3) is 3.05. The summed E-state index contributed by atoms with van der Waals surface area (Å²) in [7, 11) is -4.03. The van der Waals surface area contributed by atoms with Gasteiger partial charge in [-0.3, -0.25) is 0 Å². The van der Waals surface area contributed by atoms with Crippen molar-refractivity contribution >= 4 is 20.9 Å². The van der Waals surface area contributed by atoms with Gasteiger partial charge in [0.05, 0.1) is 15.9 Å². The van der Waals surface area contributed by atoms with Gasteiger partial charge in [0.2, 0.25) is 20.8 Å². The second kappa shape index (κ2) is 5.91. The second-order valence-electron chi connectivity index (χ2n) is 5.51. The summed E-state index contributed by atoms with van der Waals surface area (Å²) in [6, 6.07) is 12.0. The van der Waals surface area contributed by atoms with Crippen LogP contribution in [0.5, 0.6) is 0 Å². The highest BCUT2D eigenvalue weighted by Gasteiger charge is 2.38. The predicted molar refractivity (Wildman–Crippen MR) is 86.3 cm³/mol. The van der Waals surface area contributed by atoms with Crippen molar-refractivity contribution in [3.8, 4) is 11.4 Å². The highest BCUT2D eigenvalue weighted by molar-refractivity contribution is 7.91. The van der Waals surface area contributed by atoms with Crippen molar-refractivity contribution in [3.05, 3.63) is 54.4 Å². The first-order valence-corrected chi connectivity index (χ1v) is 8.95. The molecular formula is C16H9F3N4O3S. The van der Waals surface area contributed by atoms with Crippen molar-refractivity contribution in [2.45, 2.75) is 16.2 Å². The number of benzene rings is 2. The molecule has 4 aromatic rings. The molecule has 4 rings (SSSR count). The maximum Gasteiger partial charge on any atom is 0.471 e. The standard InChI is InChI=1S/C16H9F3N4O3S/c17-16(18,19)14-22-13(23-26-14)9-4-3-5-10(8-9)27(24,25)15-20-11-6-1-2-7-12(11)21-15/h1-8H,(H,20,21). The number of H-pyrrole nitrogens is 1. The van der Waals surface area contributed by atoms with Gasteiger partial charge in [-0.15, -0.1) is 0 Å². The number of hydrogen-bond donors (Lipinski definition) is 1. The smallest absolute Gasteiger partial charge is 0.329 e. The Labute approximate surface area is 149 Å². The fraction of sp³-hybridized carbons (Fsp3) is 0.0625. The Morgan fingerprint density at radius 2 is 1.78 bits per heavy atom. The number of aromatic amines is 1. The van der Waals surface area contributed by atoms with Gasteiger partial charge in [0, 0.05) is 5.56 Å². The number of nitrogens with zero attached hydrogens (tertiary/aromatic N) is 3. The Morgan fingerprint density at radius 3 is 2.48 bits per heavy atom. The molecule has 0 saturated carbocycles. The monoisotopic (exact) mass is 394 g/mol. The molecular weight excluding hydrogens is 385 g/mol. The van der Waals surface area contributed by atoms with Crippen molar-refractivity contribution in [2.24, 2.45) is 0 Å². The Hall–Kier alpha value is -3.21. The highest BCUT2D eigenvalue weighted by atomic mass is 32.2. The number of nitrogens with one attached hydrogen (secondary N) is 1. The summed E-state index contributed by atoms with van der Waals surface area (Å²) in [6.45, 7) is 0. The summed E-state index contributed by atoms with van der Waals surface area (Å²) >= 11 is 0. The molecule has 0 atom stereocenters. The predicted octanol–water partition coefficient (Wildman–Crippen LogP) is 3.46. The summed E-state index contributed by atoms with van der Waals surface area (Å²) in [4.78, 5) is 9.87. The molecule has 0 aliphatic carbocycles. The second-order valence-corrected chi connectivity index (χ2v) is 7.38. The van der Waals surface area contributed by atoms with Crippen molar-refractivity contribution < 1.29 is 26.1 Å². The van der Waals surface area contributed by atoms with E-state index in [1.807, 2.05) is 0 Å². The van der Waals surface area contributed by atoms with E-state index in [4.69, 9.17) is 0 Å². The minimum absolute atomic E-state index is 0.0615. The molecule has 0 saturated heterocycles. The quantitative estimate of drug-likeness (QED) is 0.571. The molecule has 0 aliphatic rings.